The number of Topliss-reactive ketones (excluding diaryl/α,β-unsaturated/α-hetero) is 1. The fourth-order valence-electron chi connectivity index (χ4n) is 3.70. The van der Waals surface area contributed by atoms with Crippen LogP contribution in [0.4, 0.5) is 0 Å². The first-order valence-corrected chi connectivity index (χ1v) is 11.3. The molecule has 0 radical (unpaired) electrons. The highest BCUT2D eigenvalue weighted by molar-refractivity contribution is 7.99. The van der Waals surface area contributed by atoms with Crippen LogP contribution in [0.1, 0.15) is 47.1 Å². The Hall–Kier alpha value is -2.86. The Morgan fingerprint density at radius 1 is 1.03 bits per heavy atom. The molecule has 1 N–H and O–H groups in total. The number of imidazole rings is 1. The third-order valence-electron chi connectivity index (χ3n) is 5.27. The quantitative estimate of drug-likeness (QED) is 0.456. The Kier molecular flexibility index (Phi) is 6.33. The SMILES string of the molecule is CC(=O)NCc1ccc(C(=O)CSc2nc3c(n2-c2ccccc2)CCCC3)cc1. The number of benzene rings is 2. The number of hydrogen-bond donors (Lipinski definition) is 1. The van der Waals surface area contributed by atoms with Crippen molar-refractivity contribution in [1.82, 2.24) is 14.9 Å². The summed E-state index contributed by atoms with van der Waals surface area (Å²) >= 11 is 1.50. The largest absolute Gasteiger partial charge is 0.352 e. The standard InChI is InChI=1S/C24H25N3O2S/c1-17(28)25-15-18-11-13-19(14-12-18)23(29)16-30-24-26-21-9-5-6-10-22(21)27(24)20-7-3-2-4-8-20/h2-4,7-8,11-14H,5-6,9-10,15-16H2,1H3,(H,25,28). The van der Waals surface area contributed by atoms with E-state index in [0.717, 1.165) is 29.2 Å². The Labute approximate surface area is 180 Å². The van der Waals surface area contributed by atoms with Crippen LogP contribution in [-0.4, -0.2) is 27.0 Å². The summed E-state index contributed by atoms with van der Waals surface area (Å²) in [6.07, 6.45) is 4.39. The second-order valence-electron chi connectivity index (χ2n) is 7.48. The van der Waals surface area contributed by atoms with E-state index in [4.69, 9.17) is 4.98 Å². The molecule has 2 aromatic carbocycles. The molecule has 0 spiro atoms. The van der Waals surface area contributed by atoms with Crippen LogP contribution in [0.15, 0.2) is 59.8 Å². The van der Waals surface area contributed by atoms with Gasteiger partial charge in [0.1, 0.15) is 0 Å². The van der Waals surface area contributed by atoms with E-state index in [9.17, 15) is 9.59 Å². The van der Waals surface area contributed by atoms with Gasteiger partial charge in [-0.3, -0.25) is 14.2 Å². The number of aromatic nitrogens is 2. The van der Waals surface area contributed by atoms with Gasteiger partial charge in [-0.1, -0.05) is 54.2 Å². The maximum atomic E-state index is 12.8. The number of fused-ring (bicyclic) bond motifs is 1. The number of carbonyl (C=O) groups excluding carboxylic acids is 2. The van der Waals surface area contributed by atoms with Gasteiger partial charge in [-0.05, 0) is 43.4 Å². The van der Waals surface area contributed by atoms with E-state index >= 15 is 0 Å². The summed E-state index contributed by atoms with van der Waals surface area (Å²) in [6, 6.07) is 17.7. The number of thioether (sulfide) groups is 1. The van der Waals surface area contributed by atoms with Gasteiger partial charge in [-0.25, -0.2) is 4.98 Å². The zero-order valence-electron chi connectivity index (χ0n) is 17.1. The van der Waals surface area contributed by atoms with E-state index in [1.807, 2.05) is 42.5 Å². The Balaban J connectivity index is 1.49. The number of para-hydroxylation sites is 1. The van der Waals surface area contributed by atoms with E-state index in [0.29, 0.717) is 17.9 Å². The lowest BCUT2D eigenvalue weighted by atomic mass is 10.0. The van der Waals surface area contributed by atoms with Crippen LogP contribution in [-0.2, 0) is 24.2 Å². The molecule has 0 unspecified atom stereocenters. The summed E-state index contributed by atoms with van der Waals surface area (Å²) in [4.78, 5) is 28.7. The maximum Gasteiger partial charge on any atom is 0.217 e. The van der Waals surface area contributed by atoms with Crippen molar-refractivity contribution in [2.45, 2.75) is 44.3 Å². The molecule has 1 aliphatic rings. The lowest BCUT2D eigenvalue weighted by molar-refractivity contribution is -0.119. The summed E-state index contributed by atoms with van der Waals surface area (Å²) in [6.45, 7) is 1.96. The zero-order valence-corrected chi connectivity index (χ0v) is 17.9. The molecule has 0 fully saturated rings. The first kappa shape index (κ1) is 20.4. The molecule has 1 amide bonds. The molecule has 1 aromatic heterocycles. The first-order chi connectivity index (χ1) is 14.6. The Bertz CT molecular complexity index is 1040. The lowest BCUT2D eigenvalue weighted by Crippen LogP contribution is -2.18. The summed E-state index contributed by atoms with van der Waals surface area (Å²) in [5.41, 5.74) is 5.20. The topological polar surface area (TPSA) is 64.0 Å². The molecule has 0 atom stereocenters. The van der Waals surface area contributed by atoms with Crippen LogP contribution in [0.3, 0.4) is 0 Å². The second kappa shape index (κ2) is 9.30. The van der Waals surface area contributed by atoms with Gasteiger partial charge < -0.3 is 5.32 Å². The summed E-state index contributed by atoms with van der Waals surface area (Å²) in [5, 5.41) is 3.66. The zero-order chi connectivity index (χ0) is 20.9. The van der Waals surface area contributed by atoms with Gasteiger partial charge in [0.15, 0.2) is 10.9 Å². The van der Waals surface area contributed by atoms with Crippen LogP contribution in [0.5, 0.6) is 0 Å². The maximum absolute atomic E-state index is 12.8. The van der Waals surface area contributed by atoms with Crippen LogP contribution >= 0.6 is 11.8 Å². The average molecular weight is 420 g/mol. The van der Waals surface area contributed by atoms with Crippen molar-refractivity contribution < 1.29 is 9.59 Å². The Morgan fingerprint density at radius 2 is 1.77 bits per heavy atom. The molecule has 5 nitrogen and oxygen atoms in total. The minimum absolute atomic E-state index is 0.0665. The fraction of sp³-hybridized carbons (Fsp3) is 0.292. The van der Waals surface area contributed by atoms with E-state index in [1.54, 1.807) is 0 Å². The normalized spacial score (nSPS) is 13.0. The number of carbonyl (C=O) groups is 2. The lowest BCUT2D eigenvalue weighted by Gasteiger charge is -2.15. The van der Waals surface area contributed by atoms with Crippen LogP contribution < -0.4 is 5.32 Å². The predicted molar refractivity (Wildman–Crippen MR) is 119 cm³/mol. The van der Waals surface area contributed by atoms with E-state index in [1.165, 1.54) is 42.9 Å². The van der Waals surface area contributed by atoms with Gasteiger partial charge in [0.05, 0.1) is 11.4 Å². The number of aryl methyl sites for hydroxylation is 1. The molecule has 3 aromatic rings. The smallest absolute Gasteiger partial charge is 0.217 e. The molecule has 1 heterocycles. The van der Waals surface area contributed by atoms with Crippen molar-refractivity contribution in [3.05, 3.63) is 77.1 Å². The molecule has 0 saturated heterocycles. The van der Waals surface area contributed by atoms with Crippen molar-refractivity contribution >= 4 is 23.5 Å². The minimum Gasteiger partial charge on any atom is -0.352 e. The van der Waals surface area contributed by atoms with Crippen molar-refractivity contribution in [2.75, 3.05) is 5.75 Å². The highest BCUT2D eigenvalue weighted by Crippen LogP contribution is 2.31. The molecule has 0 saturated carbocycles. The summed E-state index contributed by atoms with van der Waals surface area (Å²) < 4.78 is 2.23. The fourth-order valence-corrected chi connectivity index (χ4v) is 4.65. The third-order valence-corrected chi connectivity index (χ3v) is 6.20. The highest BCUT2D eigenvalue weighted by atomic mass is 32.2. The number of nitrogens with zero attached hydrogens (tertiary/aromatic N) is 2. The number of ketones is 1. The summed E-state index contributed by atoms with van der Waals surface area (Å²) in [7, 11) is 0. The van der Waals surface area contributed by atoms with Gasteiger partial charge in [-0.15, -0.1) is 0 Å². The second-order valence-corrected chi connectivity index (χ2v) is 8.43. The monoisotopic (exact) mass is 419 g/mol. The molecule has 30 heavy (non-hydrogen) atoms. The van der Waals surface area contributed by atoms with Crippen LogP contribution in [0.25, 0.3) is 5.69 Å². The van der Waals surface area contributed by atoms with Gasteiger partial charge in [0.2, 0.25) is 5.91 Å². The van der Waals surface area contributed by atoms with Gasteiger partial charge in [0.25, 0.3) is 0 Å². The Morgan fingerprint density at radius 3 is 2.50 bits per heavy atom. The van der Waals surface area contributed by atoms with Gasteiger partial charge in [-0.2, -0.15) is 0 Å². The minimum atomic E-state index is -0.0665. The third kappa shape index (κ3) is 4.65. The number of amides is 1. The molecule has 4 rings (SSSR count). The average Bonchev–Trinajstić information content (AvgIpc) is 3.15. The predicted octanol–water partition coefficient (Wildman–Crippen LogP) is 4.36. The van der Waals surface area contributed by atoms with E-state index < -0.39 is 0 Å². The first-order valence-electron chi connectivity index (χ1n) is 10.3. The molecule has 0 aliphatic heterocycles. The van der Waals surface area contributed by atoms with E-state index in [2.05, 4.69) is 22.0 Å². The van der Waals surface area contributed by atoms with Crippen molar-refractivity contribution in [3.63, 3.8) is 0 Å². The van der Waals surface area contributed by atoms with Crippen molar-refractivity contribution in [1.29, 1.82) is 0 Å². The molecule has 0 bridgehead atoms. The molecule has 1 aliphatic carbocycles. The van der Waals surface area contributed by atoms with Crippen LogP contribution in [0, 0.1) is 0 Å². The van der Waals surface area contributed by atoms with Crippen molar-refractivity contribution in [2.24, 2.45) is 0 Å². The summed E-state index contributed by atoms with van der Waals surface area (Å²) in [5.74, 6) is 0.350. The molecule has 6 heteroatoms. The number of rotatable bonds is 7. The molecular formula is C24H25N3O2S. The highest BCUT2D eigenvalue weighted by Gasteiger charge is 2.22. The number of hydrogen-bond acceptors (Lipinski definition) is 4. The van der Waals surface area contributed by atoms with Crippen molar-refractivity contribution in [3.8, 4) is 5.69 Å². The molecule has 154 valence electrons. The van der Waals surface area contributed by atoms with Gasteiger partial charge in [0, 0.05) is 30.4 Å². The molecular weight excluding hydrogens is 394 g/mol. The number of nitrogens with one attached hydrogen (secondary N) is 1. The van der Waals surface area contributed by atoms with E-state index in [-0.39, 0.29) is 11.7 Å². The van der Waals surface area contributed by atoms with Gasteiger partial charge >= 0.3 is 0 Å². The van der Waals surface area contributed by atoms with Crippen LogP contribution in [0.2, 0.25) is 0 Å².